The SMILES string of the molecule is COc1n[nH]c(C(=O)Nc2nc3ccccc3n2C)c1[N+](=O)[O-]. The summed E-state index contributed by atoms with van der Waals surface area (Å²) in [5.41, 5.74) is 0.684. The third-order valence-electron chi connectivity index (χ3n) is 3.32. The second-order valence-corrected chi connectivity index (χ2v) is 4.65. The Bertz CT molecular complexity index is 912. The van der Waals surface area contributed by atoms with Crippen LogP contribution in [0.3, 0.4) is 0 Å². The first-order chi connectivity index (χ1) is 11.0. The third kappa shape index (κ3) is 2.35. The molecule has 0 saturated heterocycles. The minimum absolute atomic E-state index is 0.259. The number of rotatable bonds is 4. The quantitative estimate of drug-likeness (QED) is 0.554. The van der Waals surface area contributed by atoms with Crippen molar-refractivity contribution in [2.75, 3.05) is 12.4 Å². The van der Waals surface area contributed by atoms with Crippen LogP contribution in [0.4, 0.5) is 11.6 Å². The maximum absolute atomic E-state index is 12.3. The molecule has 23 heavy (non-hydrogen) atoms. The highest BCUT2D eigenvalue weighted by Crippen LogP contribution is 2.28. The lowest BCUT2D eigenvalue weighted by molar-refractivity contribution is -0.386. The summed E-state index contributed by atoms with van der Waals surface area (Å²) in [4.78, 5) is 26.9. The average Bonchev–Trinajstić information content (AvgIpc) is 3.10. The van der Waals surface area contributed by atoms with Crippen molar-refractivity contribution in [2.24, 2.45) is 7.05 Å². The highest BCUT2D eigenvalue weighted by Gasteiger charge is 2.30. The number of ether oxygens (including phenoxy) is 1. The number of nitrogens with one attached hydrogen (secondary N) is 2. The fourth-order valence-corrected chi connectivity index (χ4v) is 2.21. The molecular formula is C13H12N6O4. The number of hydrogen-bond acceptors (Lipinski definition) is 6. The number of benzene rings is 1. The number of carbonyl (C=O) groups excluding carboxylic acids is 1. The summed E-state index contributed by atoms with van der Waals surface area (Å²) in [6, 6.07) is 7.32. The second-order valence-electron chi connectivity index (χ2n) is 4.65. The Kier molecular flexibility index (Phi) is 3.41. The zero-order valence-corrected chi connectivity index (χ0v) is 12.2. The van der Waals surface area contributed by atoms with Gasteiger partial charge in [-0.3, -0.25) is 25.3 Å². The van der Waals surface area contributed by atoms with Crippen molar-refractivity contribution in [1.82, 2.24) is 19.7 Å². The number of nitro groups is 1. The van der Waals surface area contributed by atoms with Crippen molar-refractivity contribution in [3.8, 4) is 5.88 Å². The summed E-state index contributed by atoms with van der Waals surface area (Å²) in [5, 5.41) is 19.5. The van der Waals surface area contributed by atoms with Crippen LogP contribution in [0.1, 0.15) is 10.5 Å². The minimum Gasteiger partial charge on any atom is -0.475 e. The van der Waals surface area contributed by atoms with Gasteiger partial charge in [0.15, 0.2) is 0 Å². The summed E-state index contributed by atoms with van der Waals surface area (Å²) in [7, 11) is 2.96. The van der Waals surface area contributed by atoms with E-state index in [2.05, 4.69) is 20.5 Å². The van der Waals surface area contributed by atoms with E-state index < -0.39 is 16.5 Å². The molecule has 2 heterocycles. The van der Waals surface area contributed by atoms with Gasteiger partial charge < -0.3 is 9.30 Å². The molecule has 10 heteroatoms. The van der Waals surface area contributed by atoms with Gasteiger partial charge in [0.1, 0.15) is 0 Å². The molecule has 0 saturated carbocycles. The number of aromatic nitrogens is 4. The third-order valence-corrected chi connectivity index (χ3v) is 3.32. The molecule has 3 aromatic rings. The van der Waals surface area contributed by atoms with Gasteiger partial charge in [0.2, 0.25) is 11.6 Å². The van der Waals surface area contributed by atoms with Crippen molar-refractivity contribution in [1.29, 1.82) is 0 Å². The van der Waals surface area contributed by atoms with Crippen LogP contribution < -0.4 is 10.1 Å². The van der Waals surface area contributed by atoms with Gasteiger partial charge >= 0.3 is 11.6 Å². The molecule has 2 aromatic heterocycles. The van der Waals surface area contributed by atoms with Crippen molar-refractivity contribution in [3.05, 3.63) is 40.1 Å². The molecule has 1 aromatic carbocycles. The Morgan fingerprint density at radius 3 is 2.83 bits per heavy atom. The summed E-state index contributed by atoms with van der Waals surface area (Å²) >= 11 is 0. The van der Waals surface area contributed by atoms with E-state index in [1.165, 1.54) is 7.11 Å². The van der Waals surface area contributed by atoms with Gasteiger partial charge in [-0.15, -0.1) is 5.10 Å². The van der Waals surface area contributed by atoms with Crippen molar-refractivity contribution in [2.45, 2.75) is 0 Å². The number of amides is 1. The highest BCUT2D eigenvalue weighted by atomic mass is 16.6. The molecule has 2 N–H and O–H groups in total. The molecule has 0 unspecified atom stereocenters. The summed E-state index contributed by atoms with van der Waals surface area (Å²) in [6.07, 6.45) is 0. The first-order valence-electron chi connectivity index (χ1n) is 6.52. The number of methoxy groups -OCH3 is 1. The molecule has 0 aliphatic rings. The molecule has 0 bridgehead atoms. The maximum Gasteiger partial charge on any atom is 0.362 e. The molecule has 0 radical (unpaired) electrons. The average molecular weight is 316 g/mol. The fraction of sp³-hybridized carbons (Fsp3) is 0.154. The molecule has 3 rings (SSSR count). The Labute approximate surface area is 129 Å². The first-order valence-corrected chi connectivity index (χ1v) is 6.52. The Hall–Kier alpha value is -3.43. The number of hydrogen-bond donors (Lipinski definition) is 2. The number of aromatic amines is 1. The Balaban J connectivity index is 1.97. The summed E-state index contributed by atoms with van der Waals surface area (Å²) in [6.45, 7) is 0. The van der Waals surface area contributed by atoms with Gasteiger partial charge in [-0.25, -0.2) is 4.98 Å². The van der Waals surface area contributed by atoms with E-state index in [4.69, 9.17) is 4.74 Å². The van der Waals surface area contributed by atoms with Crippen LogP contribution in [0, 0.1) is 10.1 Å². The lowest BCUT2D eigenvalue weighted by Gasteiger charge is -2.03. The molecule has 10 nitrogen and oxygen atoms in total. The van der Waals surface area contributed by atoms with Crippen LogP contribution in [0.15, 0.2) is 24.3 Å². The number of imidazole rings is 1. The van der Waals surface area contributed by atoms with Gasteiger partial charge in [-0.1, -0.05) is 12.1 Å². The monoisotopic (exact) mass is 316 g/mol. The van der Waals surface area contributed by atoms with Crippen LogP contribution in [0.25, 0.3) is 11.0 Å². The molecule has 0 aliphatic heterocycles. The number of carbonyl (C=O) groups is 1. The number of fused-ring (bicyclic) bond motifs is 1. The number of nitrogens with zero attached hydrogens (tertiary/aromatic N) is 4. The zero-order chi connectivity index (χ0) is 16.6. The molecule has 0 aliphatic carbocycles. The predicted molar refractivity (Wildman–Crippen MR) is 80.5 cm³/mol. The van der Waals surface area contributed by atoms with E-state index in [-0.39, 0.29) is 17.5 Å². The van der Waals surface area contributed by atoms with Gasteiger partial charge in [0.05, 0.1) is 23.1 Å². The summed E-state index contributed by atoms with van der Waals surface area (Å²) in [5.74, 6) is -0.727. The predicted octanol–water partition coefficient (Wildman–Crippen LogP) is 1.47. The number of aryl methyl sites for hydroxylation is 1. The van der Waals surface area contributed by atoms with Crippen molar-refractivity contribution >= 4 is 28.6 Å². The number of H-pyrrole nitrogens is 1. The molecular weight excluding hydrogens is 304 g/mol. The first kappa shape index (κ1) is 14.5. The lowest BCUT2D eigenvalue weighted by atomic mass is 10.3. The Morgan fingerprint density at radius 1 is 1.43 bits per heavy atom. The van der Waals surface area contributed by atoms with Crippen molar-refractivity contribution < 1.29 is 14.5 Å². The molecule has 118 valence electrons. The van der Waals surface area contributed by atoms with E-state index >= 15 is 0 Å². The van der Waals surface area contributed by atoms with E-state index in [0.29, 0.717) is 5.52 Å². The van der Waals surface area contributed by atoms with Crippen LogP contribution in [0.2, 0.25) is 0 Å². The standard InChI is InChI=1S/C13H12N6O4/c1-18-8-6-4-3-5-7(8)14-13(18)15-11(20)9-10(19(21)22)12(23-2)17-16-9/h3-6H,1-2H3,(H,16,17)(H,14,15,20). The van der Waals surface area contributed by atoms with Gasteiger partial charge in [0, 0.05) is 7.05 Å². The topological polar surface area (TPSA) is 128 Å². The molecule has 0 atom stereocenters. The van der Waals surface area contributed by atoms with Crippen molar-refractivity contribution in [3.63, 3.8) is 0 Å². The smallest absolute Gasteiger partial charge is 0.362 e. The largest absolute Gasteiger partial charge is 0.475 e. The van der Waals surface area contributed by atoms with E-state index in [0.717, 1.165) is 5.52 Å². The number of para-hydroxylation sites is 2. The normalized spacial score (nSPS) is 10.7. The zero-order valence-electron chi connectivity index (χ0n) is 12.2. The van der Waals surface area contributed by atoms with Gasteiger partial charge in [-0.2, -0.15) is 0 Å². The minimum atomic E-state index is -0.731. The van der Waals surface area contributed by atoms with Crippen LogP contribution in [-0.2, 0) is 7.05 Å². The van der Waals surface area contributed by atoms with Gasteiger partial charge in [0.25, 0.3) is 5.91 Å². The fourth-order valence-electron chi connectivity index (χ4n) is 2.21. The van der Waals surface area contributed by atoms with E-state index in [9.17, 15) is 14.9 Å². The van der Waals surface area contributed by atoms with E-state index in [1.54, 1.807) is 17.7 Å². The van der Waals surface area contributed by atoms with E-state index in [1.807, 2.05) is 18.2 Å². The maximum atomic E-state index is 12.3. The summed E-state index contributed by atoms with van der Waals surface area (Å²) < 4.78 is 6.45. The van der Waals surface area contributed by atoms with Crippen LogP contribution >= 0.6 is 0 Å². The second kappa shape index (κ2) is 5.40. The van der Waals surface area contributed by atoms with Gasteiger partial charge in [-0.05, 0) is 12.1 Å². The Morgan fingerprint density at radius 2 is 2.17 bits per heavy atom. The van der Waals surface area contributed by atoms with Crippen LogP contribution in [-0.4, -0.2) is 37.7 Å². The number of anilines is 1. The lowest BCUT2D eigenvalue weighted by Crippen LogP contribution is -2.16. The molecule has 0 spiro atoms. The molecule has 0 fully saturated rings. The van der Waals surface area contributed by atoms with Crippen LogP contribution in [0.5, 0.6) is 5.88 Å². The highest BCUT2D eigenvalue weighted by molar-refractivity contribution is 6.06. The molecule has 1 amide bonds.